The second-order valence-corrected chi connectivity index (χ2v) is 6.32. The van der Waals surface area contributed by atoms with Crippen LogP contribution in [0.2, 0.25) is 0 Å². The molecule has 1 heterocycles. The molecule has 0 bridgehead atoms. The van der Waals surface area contributed by atoms with Crippen LogP contribution in [0.15, 0.2) is 22.0 Å². The minimum absolute atomic E-state index is 0.257. The van der Waals surface area contributed by atoms with Gasteiger partial charge in [0, 0.05) is 0 Å². The second kappa shape index (κ2) is 4.90. The summed E-state index contributed by atoms with van der Waals surface area (Å²) in [5.74, 6) is -2.24. The fourth-order valence-electron chi connectivity index (χ4n) is 1.56. The molecule has 0 saturated carbocycles. The molecule has 94 valence electrons. The number of carbonyl (C=O) groups excluding carboxylic acids is 1. The lowest BCUT2D eigenvalue weighted by Crippen LogP contribution is -2.07. The summed E-state index contributed by atoms with van der Waals surface area (Å²) >= 11 is 4.46. The van der Waals surface area contributed by atoms with Crippen molar-refractivity contribution in [2.24, 2.45) is 0 Å². The van der Waals surface area contributed by atoms with Crippen molar-refractivity contribution >= 4 is 33.0 Å². The fourth-order valence-corrected chi connectivity index (χ4v) is 3.04. The first-order valence-corrected chi connectivity index (χ1v) is 6.78. The van der Waals surface area contributed by atoms with Crippen LogP contribution in [0.1, 0.15) is 26.4 Å². The summed E-state index contributed by atoms with van der Waals surface area (Å²) in [6, 6.07) is 4.05. The van der Waals surface area contributed by atoms with E-state index in [0.29, 0.717) is 4.88 Å². The highest BCUT2D eigenvalue weighted by Crippen LogP contribution is 2.30. The van der Waals surface area contributed by atoms with Crippen LogP contribution in [-0.2, 0) is 0 Å². The van der Waals surface area contributed by atoms with Gasteiger partial charge in [0.1, 0.15) is 11.6 Å². The maximum absolute atomic E-state index is 13.8. The van der Waals surface area contributed by atoms with E-state index in [2.05, 4.69) is 15.9 Å². The van der Waals surface area contributed by atoms with E-state index in [0.717, 1.165) is 15.4 Å². The third kappa shape index (κ3) is 2.24. The summed E-state index contributed by atoms with van der Waals surface area (Å²) < 4.78 is 28.2. The Kier molecular flexibility index (Phi) is 3.64. The van der Waals surface area contributed by atoms with Crippen molar-refractivity contribution < 1.29 is 13.6 Å². The molecule has 2 rings (SSSR count). The molecular formula is C13H9BrF2OS. The molecule has 0 spiro atoms. The van der Waals surface area contributed by atoms with Crippen molar-refractivity contribution in [1.82, 2.24) is 0 Å². The van der Waals surface area contributed by atoms with Crippen LogP contribution in [0.3, 0.4) is 0 Å². The number of hydrogen-bond donors (Lipinski definition) is 0. The molecule has 0 aliphatic rings. The summed E-state index contributed by atoms with van der Waals surface area (Å²) in [5, 5.41) is 0. The summed E-state index contributed by atoms with van der Waals surface area (Å²) in [6.45, 7) is 3.32. The van der Waals surface area contributed by atoms with Gasteiger partial charge in [0.05, 0.1) is 14.2 Å². The minimum Gasteiger partial charge on any atom is -0.287 e. The van der Waals surface area contributed by atoms with Gasteiger partial charge >= 0.3 is 0 Å². The van der Waals surface area contributed by atoms with E-state index < -0.39 is 23.0 Å². The van der Waals surface area contributed by atoms with E-state index in [9.17, 15) is 13.6 Å². The molecule has 1 aromatic carbocycles. The number of carbonyl (C=O) groups is 1. The normalized spacial score (nSPS) is 10.7. The molecule has 1 nitrogen and oxygen atoms in total. The van der Waals surface area contributed by atoms with E-state index in [1.807, 2.05) is 6.92 Å². The average Bonchev–Trinajstić information content (AvgIpc) is 2.65. The highest BCUT2D eigenvalue weighted by atomic mass is 79.9. The molecule has 2 aromatic rings. The molecule has 5 heteroatoms. The van der Waals surface area contributed by atoms with Crippen molar-refractivity contribution in [2.75, 3.05) is 0 Å². The molecular weight excluding hydrogens is 322 g/mol. The number of rotatable bonds is 2. The molecule has 1 aromatic heterocycles. The Morgan fingerprint density at radius 3 is 2.44 bits per heavy atom. The monoisotopic (exact) mass is 330 g/mol. The van der Waals surface area contributed by atoms with Gasteiger partial charge in [0.15, 0.2) is 0 Å². The zero-order valence-corrected chi connectivity index (χ0v) is 12.1. The predicted octanol–water partition coefficient (Wildman–Crippen LogP) is 4.64. The van der Waals surface area contributed by atoms with Crippen LogP contribution in [-0.4, -0.2) is 5.78 Å². The van der Waals surface area contributed by atoms with Gasteiger partial charge in [-0.05, 0) is 53.0 Å². The first-order valence-electron chi connectivity index (χ1n) is 5.17. The molecule has 18 heavy (non-hydrogen) atoms. The summed E-state index contributed by atoms with van der Waals surface area (Å²) in [7, 11) is 0. The average molecular weight is 331 g/mol. The second-order valence-electron chi connectivity index (χ2n) is 3.95. The molecule has 0 saturated heterocycles. The van der Waals surface area contributed by atoms with Crippen LogP contribution in [0.25, 0.3) is 0 Å². The van der Waals surface area contributed by atoms with E-state index in [1.54, 1.807) is 6.07 Å². The third-order valence-corrected chi connectivity index (χ3v) is 4.73. The molecule has 0 aliphatic carbocycles. The topological polar surface area (TPSA) is 17.1 Å². The smallest absolute Gasteiger partial charge is 0.208 e. The highest BCUT2D eigenvalue weighted by Gasteiger charge is 2.22. The summed E-state index contributed by atoms with van der Waals surface area (Å²) in [6.07, 6.45) is 0. The van der Waals surface area contributed by atoms with Gasteiger partial charge in [-0.1, -0.05) is 6.07 Å². The number of benzene rings is 1. The Balaban J connectivity index is 2.56. The number of aryl methyl sites for hydroxylation is 2. The van der Waals surface area contributed by atoms with E-state index >= 15 is 0 Å². The number of ketones is 1. The number of thiophene rings is 1. The quantitative estimate of drug-likeness (QED) is 0.733. The standard InChI is InChI=1S/C13H9BrF2OS/c1-6-3-4-8(15)10(11(6)16)12(17)9-5-7(2)13(14)18-9/h3-5H,1-2H3. The van der Waals surface area contributed by atoms with Gasteiger partial charge in [-0.2, -0.15) is 0 Å². The first kappa shape index (κ1) is 13.4. The van der Waals surface area contributed by atoms with E-state index in [1.165, 1.54) is 24.3 Å². The lowest BCUT2D eigenvalue weighted by Gasteiger charge is -2.04. The number of halogens is 3. The molecule has 0 N–H and O–H groups in total. The highest BCUT2D eigenvalue weighted by molar-refractivity contribution is 9.11. The Hall–Kier alpha value is -1.07. The van der Waals surface area contributed by atoms with Crippen LogP contribution in [0.5, 0.6) is 0 Å². The third-order valence-electron chi connectivity index (χ3n) is 2.59. The van der Waals surface area contributed by atoms with Gasteiger partial charge in [-0.15, -0.1) is 11.3 Å². The zero-order chi connectivity index (χ0) is 13.4. The Bertz CT molecular complexity index is 615. The lowest BCUT2D eigenvalue weighted by molar-refractivity contribution is 0.103. The molecule has 0 aliphatic heterocycles. The van der Waals surface area contributed by atoms with Crippen molar-refractivity contribution in [3.05, 3.63) is 55.2 Å². The summed E-state index contributed by atoms with van der Waals surface area (Å²) in [5.41, 5.74) is 0.646. The van der Waals surface area contributed by atoms with Gasteiger partial charge < -0.3 is 0 Å². The Morgan fingerprint density at radius 2 is 1.89 bits per heavy atom. The summed E-state index contributed by atoms with van der Waals surface area (Å²) in [4.78, 5) is 12.4. The Labute approximate surface area is 116 Å². The molecule has 0 fully saturated rings. The molecule has 0 amide bonds. The Morgan fingerprint density at radius 1 is 1.22 bits per heavy atom. The maximum Gasteiger partial charge on any atom is 0.208 e. The van der Waals surface area contributed by atoms with E-state index in [4.69, 9.17) is 0 Å². The van der Waals surface area contributed by atoms with Gasteiger partial charge in [-0.3, -0.25) is 4.79 Å². The van der Waals surface area contributed by atoms with Gasteiger partial charge in [-0.25, -0.2) is 8.78 Å². The van der Waals surface area contributed by atoms with Crippen LogP contribution in [0, 0.1) is 25.5 Å². The van der Waals surface area contributed by atoms with Gasteiger partial charge in [0.25, 0.3) is 0 Å². The molecule has 0 unspecified atom stereocenters. The lowest BCUT2D eigenvalue weighted by atomic mass is 10.0. The van der Waals surface area contributed by atoms with Crippen molar-refractivity contribution in [2.45, 2.75) is 13.8 Å². The van der Waals surface area contributed by atoms with E-state index in [-0.39, 0.29) is 5.56 Å². The zero-order valence-electron chi connectivity index (χ0n) is 9.68. The van der Waals surface area contributed by atoms with Crippen LogP contribution >= 0.6 is 27.3 Å². The van der Waals surface area contributed by atoms with Crippen LogP contribution < -0.4 is 0 Å². The predicted molar refractivity (Wildman–Crippen MR) is 71.3 cm³/mol. The van der Waals surface area contributed by atoms with Crippen molar-refractivity contribution in [3.8, 4) is 0 Å². The van der Waals surface area contributed by atoms with Gasteiger partial charge in [0.2, 0.25) is 5.78 Å². The van der Waals surface area contributed by atoms with Crippen LogP contribution in [0.4, 0.5) is 8.78 Å². The number of hydrogen-bond acceptors (Lipinski definition) is 2. The van der Waals surface area contributed by atoms with Crippen molar-refractivity contribution in [3.63, 3.8) is 0 Å². The first-order chi connectivity index (χ1) is 8.41. The largest absolute Gasteiger partial charge is 0.287 e. The minimum atomic E-state index is -0.828. The maximum atomic E-state index is 13.8. The molecule has 0 atom stereocenters. The SMILES string of the molecule is Cc1cc(C(=O)c2c(F)ccc(C)c2F)sc1Br. The molecule has 0 radical (unpaired) electrons. The fraction of sp³-hybridized carbons (Fsp3) is 0.154. The van der Waals surface area contributed by atoms with Crippen molar-refractivity contribution in [1.29, 1.82) is 0 Å².